The summed E-state index contributed by atoms with van der Waals surface area (Å²) in [5, 5.41) is 1.02. The van der Waals surface area contributed by atoms with E-state index in [9.17, 15) is 4.39 Å². The Balaban J connectivity index is 2.51. The van der Waals surface area contributed by atoms with E-state index in [1.807, 2.05) is 25.1 Å². The van der Waals surface area contributed by atoms with Crippen LogP contribution >= 0.6 is 23.2 Å². The SMILES string of the molecule is Cc1cccc(C(N)c2cc(F)ccc2Cl)c1Cl. The van der Waals surface area contributed by atoms with Gasteiger partial charge in [0.25, 0.3) is 0 Å². The smallest absolute Gasteiger partial charge is 0.123 e. The zero-order valence-electron chi connectivity index (χ0n) is 9.75. The predicted molar refractivity (Wildman–Crippen MR) is 73.6 cm³/mol. The van der Waals surface area contributed by atoms with Crippen LogP contribution < -0.4 is 5.73 Å². The van der Waals surface area contributed by atoms with Gasteiger partial charge in [-0.05, 0) is 41.8 Å². The quantitative estimate of drug-likeness (QED) is 0.864. The maximum Gasteiger partial charge on any atom is 0.123 e. The molecule has 18 heavy (non-hydrogen) atoms. The van der Waals surface area contributed by atoms with E-state index in [0.29, 0.717) is 15.6 Å². The molecule has 0 bridgehead atoms. The summed E-state index contributed by atoms with van der Waals surface area (Å²) in [5.74, 6) is -0.367. The van der Waals surface area contributed by atoms with Crippen LogP contribution in [0.4, 0.5) is 4.39 Å². The van der Waals surface area contributed by atoms with Crippen LogP contribution in [0.3, 0.4) is 0 Å². The molecule has 2 N–H and O–H groups in total. The van der Waals surface area contributed by atoms with Gasteiger partial charge in [-0.1, -0.05) is 41.4 Å². The van der Waals surface area contributed by atoms with Gasteiger partial charge in [0.05, 0.1) is 6.04 Å². The highest BCUT2D eigenvalue weighted by Gasteiger charge is 2.16. The Hall–Kier alpha value is -1.09. The lowest BCUT2D eigenvalue weighted by atomic mass is 9.98. The van der Waals surface area contributed by atoms with Crippen molar-refractivity contribution in [2.75, 3.05) is 0 Å². The Kier molecular flexibility index (Phi) is 3.91. The number of aryl methyl sites for hydroxylation is 1. The molecule has 0 aliphatic carbocycles. The van der Waals surface area contributed by atoms with Gasteiger partial charge in [-0.15, -0.1) is 0 Å². The number of nitrogens with two attached hydrogens (primary N) is 1. The summed E-state index contributed by atoms with van der Waals surface area (Å²) < 4.78 is 13.3. The lowest BCUT2D eigenvalue weighted by molar-refractivity contribution is 0.623. The van der Waals surface area contributed by atoms with Gasteiger partial charge in [-0.2, -0.15) is 0 Å². The molecule has 0 radical (unpaired) electrons. The average molecular weight is 284 g/mol. The number of halogens is 3. The first-order chi connectivity index (χ1) is 8.50. The highest BCUT2D eigenvalue weighted by atomic mass is 35.5. The highest BCUT2D eigenvalue weighted by molar-refractivity contribution is 6.32. The summed E-state index contributed by atoms with van der Waals surface area (Å²) in [6.07, 6.45) is 0. The fourth-order valence-electron chi connectivity index (χ4n) is 1.83. The molecule has 0 aromatic heterocycles. The molecule has 4 heteroatoms. The Morgan fingerprint density at radius 3 is 2.56 bits per heavy atom. The molecular weight excluding hydrogens is 272 g/mol. The standard InChI is InChI=1S/C14H12Cl2FN/c1-8-3-2-4-10(13(8)16)14(18)11-7-9(17)5-6-12(11)15/h2-7,14H,18H2,1H3. The minimum absolute atomic E-state index is 0.367. The number of rotatable bonds is 2. The largest absolute Gasteiger partial charge is 0.320 e. The van der Waals surface area contributed by atoms with Crippen molar-refractivity contribution in [2.24, 2.45) is 5.73 Å². The Morgan fingerprint density at radius 1 is 1.11 bits per heavy atom. The zero-order valence-corrected chi connectivity index (χ0v) is 11.3. The van der Waals surface area contributed by atoms with E-state index in [0.717, 1.165) is 11.1 Å². The number of hydrogen-bond donors (Lipinski definition) is 1. The first-order valence-corrected chi connectivity index (χ1v) is 6.22. The molecular formula is C14H12Cl2FN. The second kappa shape index (κ2) is 5.27. The molecule has 1 unspecified atom stereocenters. The van der Waals surface area contributed by atoms with E-state index in [1.165, 1.54) is 18.2 Å². The summed E-state index contributed by atoms with van der Waals surface area (Å²) in [5.41, 5.74) is 8.32. The van der Waals surface area contributed by atoms with Crippen LogP contribution in [0.25, 0.3) is 0 Å². The molecule has 94 valence electrons. The molecule has 1 nitrogen and oxygen atoms in total. The fourth-order valence-corrected chi connectivity index (χ4v) is 2.31. The second-order valence-corrected chi connectivity index (χ2v) is 4.91. The van der Waals surface area contributed by atoms with E-state index < -0.39 is 6.04 Å². The van der Waals surface area contributed by atoms with E-state index in [1.54, 1.807) is 0 Å². The normalized spacial score (nSPS) is 12.5. The van der Waals surface area contributed by atoms with Crippen LogP contribution in [0.1, 0.15) is 22.7 Å². The average Bonchev–Trinajstić information content (AvgIpc) is 2.35. The first-order valence-electron chi connectivity index (χ1n) is 5.46. The van der Waals surface area contributed by atoms with Gasteiger partial charge in [0.1, 0.15) is 5.82 Å². The van der Waals surface area contributed by atoms with Crippen molar-refractivity contribution >= 4 is 23.2 Å². The molecule has 0 amide bonds. The molecule has 0 saturated heterocycles. The Bertz CT molecular complexity index is 582. The fraction of sp³-hybridized carbons (Fsp3) is 0.143. The summed E-state index contributed by atoms with van der Waals surface area (Å²) in [7, 11) is 0. The third-order valence-electron chi connectivity index (χ3n) is 2.85. The maximum absolute atomic E-state index is 13.3. The van der Waals surface area contributed by atoms with Crippen molar-refractivity contribution in [3.8, 4) is 0 Å². The minimum atomic E-state index is -0.541. The molecule has 0 heterocycles. The van der Waals surface area contributed by atoms with E-state index >= 15 is 0 Å². The predicted octanol–water partition coefficient (Wildman–Crippen LogP) is 4.49. The molecule has 0 aliphatic rings. The van der Waals surface area contributed by atoms with Crippen LogP contribution in [0.15, 0.2) is 36.4 Å². The van der Waals surface area contributed by atoms with Crippen molar-refractivity contribution in [1.82, 2.24) is 0 Å². The van der Waals surface area contributed by atoms with Crippen molar-refractivity contribution in [3.05, 3.63) is 69.0 Å². The van der Waals surface area contributed by atoms with Crippen LogP contribution in [0, 0.1) is 12.7 Å². The lowest BCUT2D eigenvalue weighted by Crippen LogP contribution is -2.13. The third-order valence-corrected chi connectivity index (χ3v) is 3.71. The molecule has 2 aromatic rings. The van der Waals surface area contributed by atoms with Gasteiger partial charge in [0, 0.05) is 10.0 Å². The molecule has 1 atom stereocenters. The van der Waals surface area contributed by atoms with Crippen LogP contribution in [0.5, 0.6) is 0 Å². The van der Waals surface area contributed by atoms with Gasteiger partial charge >= 0.3 is 0 Å². The third kappa shape index (κ3) is 2.51. The van der Waals surface area contributed by atoms with E-state index in [2.05, 4.69) is 0 Å². The second-order valence-electron chi connectivity index (χ2n) is 4.12. The summed E-state index contributed by atoms with van der Waals surface area (Å²) in [6.45, 7) is 1.89. The van der Waals surface area contributed by atoms with Crippen molar-refractivity contribution in [1.29, 1.82) is 0 Å². The lowest BCUT2D eigenvalue weighted by Gasteiger charge is -2.16. The van der Waals surface area contributed by atoms with Gasteiger partial charge in [-0.3, -0.25) is 0 Å². The molecule has 2 aromatic carbocycles. The Morgan fingerprint density at radius 2 is 1.83 bits per heavy atom. The molecule has 0 aliphatic heterocycles. The highest BCUT2D eigenvalue weighted by Crippen LogP contribution is 2.32. The van der Waals surface area contributed by atoms with Gasteiger partial charge in [0.15, 0.2) is 0 Å². The summed E-state index contributed by atoms with van der Waals surface area (Å²) in [6, 6.07) is 9.18. The van der Waals surface area contributed by atoms with E-state index in [-0.39, 0.29) is 5.82 Å². The topological polar surface area (TPSA) is 26.0 Å². The monoisotopic (exact) mass is 283 g/mol. The number of benzene rings is 2. The summed E-state index contributed by atoms with van der Waals surface area (Å²) in [4.78, 5) is 0. The molecule has 0 saturated carbocycles. The van der Waals surface area contributed by atoms with Crippen molar-refractivity contribution < 1.29 is 4.39 Å². The minimum Gasteiger partial charge on any atom is -0.320 e. The van der Waals surface area contributed by atoms with Gasteiger partial charge < -0.3 is 5.73 Å². The maximum atomic E-state index is 13.3. The summed E-state index contributed by atoms with van der Waals surface area (Å²) >= 11 is 12.3. The van der Waals surface area contributed by atoms with E-state index in [4.69, 9.17) is 28.9 Å². The van der Waals surface area contributed by atoms with Gasteiger partial charge in [-0.25, -0.2) is 4.39 Å². The first kappa shape index (κ1) is 13.3. The zero-order chi connectivity index (χ0) is 13.3. The Labute approximate surface area is 115 Å². The van der Waals surface area contributed by atoms with Crippen LogP contribution in [-0.2, 0) is 0 Å². The van der Waals surface area contributed by atoms with Crippen molar-refractivity contribution in [3.63, 3.8) is 0 Å². The van der Waals surface area contributed by atoms with Crippen LogP contribution in [-0.4, -0.2) is 0 Å². The van der Waals surface area contributed by atoms with Crippen molar-refractivity contribution in [2.45, 2.75) is 13.0 Å². The molecule has 2 rings (SSSR count). The molecule has 0 spiro atoms. The number of hydrogen-bond acceptors (Lipinski definition) is 1. The molecule has 0 fully saturated rings. The van der Waals surface area contributed by atoms with Crippen LogP contribution in [0.2, 0.25) is 10.0 Å². The van der Waals surface area contributed by atoms with Gasteiger partial charge in [0.2, 0.25) is 0 Å².